The average Bonchev–Trinajstić information content (AvgIpc) is 3.23. The van der Waals surface area contributed by atoms with Crippen LogP contribution in [0, 0.1) is 0 Å². The molecule has 2 N–H and O–H groups in total. The number of hydrogen-bond acceptors (Lipinski definition) is 4. The van der Waals surface area contributed by atoms with Gasteiger partial charge in [-0.1, -0.05) is 18.2 Å². The van der Waals surface area contributed by atoms with Crippen molar-refractivity contribution < 1.29 is 9.53 Å². The number of rotatable bonds is 9. The van der Waals surface area contributed by atoms with Gasteiger partial charge in [0.25, 0.3) is 0 Å². The van der Waals surface area contributed by atoms with E-state index >= 15 is 0 Å². The lowest BCUT2D eigenvalue weighted by atomic mass is 10.4. The van der Waals surface area contributed by atoms with E-state index in [0.29, 0.717) is 19.7 Å². The van der Waals surface area contributed by atoms with Crippen LogP contribution >= 0.6 is 24.2 Å². The van der Waals surface area contributed by atoms with Crippen LogP contribution in [-0.4, -0.2) is 44.0 Å². The van der Waals surface area contributed by atoms with Crippen LogP contribution in [0.5, 0.6) is 0 Å². The molecule has 1 aromatic rings. The van der Waals surface area contributed by atoms with Crippen LogP contribution < -0.4 is 10.6 Å². The predicted molar refractivity (Wildman–Crippen MR) is 89.3 cm³/mol. The highest BCUT2D eigenvalue weighted by molar-refractivity contribution is 8.01. The molecule has 2 rings (SSSR count). The molecule has 0 aliphatic heterocycles. The fraction of sp³-hybridized carbons (Fsp3) is 0.533. The first-order valence-corrected chi connectivity index (χ1v) is 7.76. The Kier molecular flexibility index (Phi) is 8.11. The zero-order chi connectivity index (χ0) is 14.3. The zero-order valence-corrected chi connectivity index (χ0v) is 13.9. The standard InChI is InChI=1S/C15H22N2O2S.ClH/c1-19-10-9-16-11-14(18)17-12-15(7-8-15)20-13-5-3-2-4-6-13;/h2-6,16H,7-12H2,1H3,(H,17,18);1H. The van der Waals surface area contributed by atoms with E-state index < -0.39 is 0 Å². The van der Waals surface area contributed by atoms with Crippen molar-refractivity contribution >= 4 is 30.1 Å². The molecule has 1 aliphatic carbocycles. The summed E-state index contributed by atoms with van der Waals surface area (Å²) in [6, 6.07) is 10.4. The number of carbonyl (C=O) groups is 1. The van der Waals surface area contributed by atoms with Gasteiger partial charge in [-0.2, -0.15) is 0 Å². The summed E-state index contributed by atoms with van der Waals surface area (Å²) < 4.78 is 5.13. The first-order chi connectivity index (χ1) is 9.74. The highest BCUT2D eigenvalue weighted by Crippen LogP contribution is 2.51. The lowest BCUT2D eigenvalue weighted by Gasteiger charge is -2.16. The van der Waals surface area contributed by atoms with E-state index in [1.54, 1.807) is 7.11 Å². The molecule has 1 saturated carbocycles. The van der Waals surface area contributed by atoms with Gasteiger partial charge in [0.2, 0.25) is 5.91 Å². The van der Waals surface area contributed by atoms with Crippen molar-refractivity contribution in [3.8, 4) is 0 Å². The van der Waals surface area contributed by atoms with Gasteiger partial charge >= 0.3 is 0 Å². The Labute approximate surface area is 136 Å². The molecule has 0 aromatic heterocycles. The summed E-state index contributed by atoms with van der Waals surface area (Å²) in [6.07, 6.45) is 2.34. The number of amides is 1. The van der Waals surface area contributed by atoms with Crippen LogP contribution in [0.15, 0.2) is 35.2 Å². The SMILES string of the molecule is COCCNCC(=O)NCC1(Sc2ccccc2)CC1.Cl. The molecule has 1 aliphatic rings. The summed E-state index contributed by atoms with van der Waals surface area (Å²) in [5, 5.41) is 6.07. The molecular formula is C15H23ClN2O2S. The van der Waals surface area contributed by atoms with E-state index in [1.807, 2.05) is 17.8 Å². The lowest BCUT2D eigenvalue weighted by molar-refractivity contribution is -0.120. The topological polar surface area (TPSA) is 50.4 Å². The van der Waals surface area contributed by atoms with Crippen molar-refractivity contribution in [1.29, 1.82) is 0 Å². The van der Waals surface area contributed by atoms with Gasteiger partial charge in [0.15, 0.2) is 0 Å². The molecule has 118 valence electrons. The van der Waals surface area contributed by atoms with E-state index in [9.17, 15) is 4.79 Å². The van der Waals surface area contributed by atoms with Crippen LogP contribution in [0.2, 0.25) is 0 Å². The van der Waals surface area contributed by atoms with Gasteiger partial charge in [0, 0.05) is 29.8 Å². The smallest absolute Gasteiger partial charge is 0.234 e. The van der Waals surface area contributed by atoms with E-state index in [-0.39, 0.29) is 23.1 Å². The summed E-state index contributed by atoms with van der Waals surface area (Å²) in [4.78, 5) is 13.0. The number of hydrogen-bond donors (Lipinski definition) is 2. The molecule has 0 bridgehead atoms. The molecular weight excluding hydrogens is 308 g/mol. The van der Waals surface area contributed by atoms with Crippen LogP contribution in [0.25, 0.3) is 0 Å². The van der Waals surface area contributed by atoms with Crippen LogP contribution in [0.1, 0.15) is 12.8 Å². The molecule has 21 heavy (non-hydrogen) atoms. The third kappa shape index (κ3) is 6.70. The molecule has 0 unspecified atom stereocenters. The van der Waals surface area contributed by atoms with Crippen molar-refractivity contribution in [2.75, 3.05) is 33.4 Å². The predicted octanol–water partition coefficient (Wildman–Crippen LogP) is 2.09. The summed E-state index contributed by atoms with van der Waals surface area (Å²) in [7, 11) is 1.65. The Morgan fingerprint density at radius 3 is 2.67 bits per heavy atom. The minimum atomic E-state index is 0. The Hall–Kier alpha value is -0.750. The molecule has 4 nitrogen and oxygen atoms in total. The minimum absolute atomic E-state index is 0. The van der Waals surface area contributed by atoms with E-state index in [4.69, 9.17) is 4.74 Å². The molecule has 1 amide bonds. The van der Waals surface area contributed by atoms with E-state index in [1.165, 1.54) is 17.7 Å². The van der Waals surface area contributed by atoms with Crippen LogP contribution in [0.4, 0.5) is 0 Å². The number of thioether (sulfide) groups is 1. The Balaban J connectivity index is 0.00000220. The van der Waals surface area contributed by atoms with Crippen molar-refractivity contribution in [3.63, 3.8) is 0 Å². The summed E-state index contributed by atoms with van der Waals surface area (Å²) in [5.74, 6) is 0.0565. The summed E-state index contributed by atoms with van der Waals surface area (Å²) >= 11 is 1.88. The van der Waals surface area contributed by atoms with E-state index in [2.05, 4.69) is 34.9 Å². The average molecular weight is 331 g/mol. The second kappa shape index (κ2) is 9.30. The molecule has 0 atom stereocenters. The third-order valence-electron chi connectivity index (χ3n) is 3.26. The molecule has 1 aromatic carbocycles. The number of nitrogens with one attached hydrogen (secondary N) is 2. The fourth-order valence-corrected chi connectivity index (χ4v) is 3.13. The third-order valence-corrected chi connectivity index (χ3v) is 4.75. The maximum atomic E-state index is 11.7. The van der Waals surface area contributed by atoms with Gasteiger partial charge in [-0.25, -0.2) is 0 Å². The number of carbonyl (C=O) groups excluding carboxylic acids is 1. The monoisotopic (exact) mass is 330 g/mol. The quantitative estimate of drug-likeness (QED) is 0.681. The molecule has 0 spiro atoms. The maximum absolute atomic E-state index is 11.7. The van der Waals surface area contributed by atoms with Crippen molar-refractivity contribution in [2.45, 2.75) is 22.5 Å². The lowest BCUT2D eigenvalue weighted by Crippen LogP contribution is -2.38. The highest BCUT2D eigenvalue weighted by Gasteiger charge is 2.43. The first-order valence-electron chi connectivity index (χ1n) is 6.94. The number of ether oxygens (including phenoxy) is 1. The number of methoxy groups -OCH3 is 1. The van der Waals surface area contributed by atoms with Gasteiger partial charge in [-0.3, -0.25) is 4.79 Å². The van der Waals surface area contributed by atoms with Gasteiger partial charge in [-0.05, 0) is 25.0 Å². The van der Waals surface area contributed by atoms with Gasteiger partial charge in [0.05, 0.1) is 13.2 Å². The molecule has 1 fully saturated rings. The fourth-order valence-electron chi connectivity index (χ4n) is 1.89. The largest absolute Gasteiger partial charge is 0.383 e. The maximum Gasteiger partial charge on any atom is 0.234 e. The molecule has 0 saturated heterocycles. The normalized spacial score (nSPS) is 15.1. The summed E-state index contributed by atoms with van der Waals surface area (Å²) in [6.45, 7) is 2.43. The van der Waals surface area contributed by atoms with Crippen LogP contribution in [0.3, 0.4) is 0 Å². The molecule has 0 heterocycles. The van der Waals surface area contributed by atoms with Crippen molar-refractivity contribution in [1.82, 2.24) is 10.6 Å². The molecule has 6 heteroatoms. The first kappa shape index (κ1) is 18.3. The Morgan fingerprint density at radius 2 is 2.05 bits per heavy atom. The number of benzene rings is 1. The highest BCUT2D eigenvalue weighted by atomic mass is 35.5. The number of halogens is 1. The van der Waals surface area contributed by atoms with Crippen LogP contribution in [-0.2, 0) is 9.53 Å². The Bertz CT molecular complexity index is 427. The van der Waals surface area contributed by atoms with E-state index in [0.717, 1.165) is 6.54 Å². The zero-order valence-electron chi connectivity index (χ0n) is 12.3. The second-order valence-electron chi connectivity index (χ2n) is 5.04. The van der Waals surface area contributed by atoms with Crippen molar-refractivity contribution in [2.24, 2.45) is 0 Å². The van der Waals surface area contributed by atoms with Crippen molar-refractivity contribution in [3.05, 3.63) is 30.3 Å². The Morgan fingerprint density at radius 1 is 1.33 bits per heavy atom. The summed E-state index contributed by atoms with van der Waals surface area (Å²) in [5.41, 5.74) is 0. The minimum Gasteiger partial charge on any atom is -0.383 e. The van der Waals surface area contributed by atoms with Gasteiger partial charge in [0.1, 0.15) is 0 Å². The van der Waals surface area contributed by atoms with Gasteiger partial charge in [-0.15, -0.1) is 24.2 Å². The molecule has 0 radical (unpaired) electrons. The second-order valence-corrected chi connectivity index (χ2v) is 6.59. The van der Waals surface area contributed by atoms with Gasteiger partial charge < -0.3 is 15.4 Å².